The van der Waals surface area contributed by atoms with Crippen molar-refractivity contribution in [3.63, 3.8) is 0 Å². The van der Waals surface area contributed by atoms with Crippen molar-refractivity contribution in [3.8, 4) is 0 Å². The molecular formula is C32H52O17. The van der Waals surface area contributed by atoms with Crippen molar-refractivity contribution in [1.29, 1.82) is 0 Å². The lowest BCUT2D eigenvalue weighted by atomic mass is 9.79. The predicted octanol–water partition coefficient (Wildman–Crippen LogP) is -1.68. The van der Waals surface area contributed by atoms with Gasteiger partial charge in [-0.05, 0) is 18.9 Å². The van der Waals surface area contributed by atoms with Crippen LogP contribution in [-0.2, 0) is 57.0 Å². The molecule has 0 radical (unpaired) electrons. The summed E-state index contributed by atoms with van der Waals surface area (Å²) in [7, 11) is 6.70. The van der Waals surface area contributed by atoms with Crippen molar-refractivity contribution in [2.45, 2.75) is 111 Å². The predicted molar refractivity (Wildman–Crippen MR) is 165 cm³/mol. The fourth-order valence-electron chi connectivity index (χ4n) is 6.60. The molecule has 3 aliphatic carbocycles. The summed E-state index contributed by atoms with van der Waals surface area (Å²) in [4.78, 5) is 34.3. The Hall–Kier alpha value is -2.29. The first kappa shape index (κ1) is 41.1. The topological polar surface area (TPSA) is 235 Å². The second kappa shape index (κ2) is 18.8. The maximum Gasteiger partial charge on any atom is 0.338 e. The van der Waals surface area contributed by atoms with E-state index < -0.39 is 65.7 Å². The van der Waals surface area contributed by atoms with Gasteiger partial charge in [-0.15, -0.1) is 0 Å². The highest BCUT2D eigenvalue weighted by Gasteiger charge is 2.53. The van der Waals surface area contributed by atoms with Crippen molar-refractivity contribution in [2.75, 3.05) is 62.0 Å². The largest absolute Gasteiger partial charge is 0.467 e. The molecule has 5 aliphatic rings. The van der Waals surface area contributed by atoms with Crippen LogP contribution in [0, 0.1) is 0 Å². The van der Waals surface area contributed by atoms with Crippen LogP contribution in [0.3, 0.4) is 0 Å². The zero-order valence-corrected chi connectivity index (χ0v) is 28.7. The number of aliphatic hydroxyl groups is 5. The molecular weight excluding hydrogens is 656 g/mol. The molecule has 282 valence electrons. The Morgan fingerprint density at radius 3 is 1.67 bits per heavy atom. The lowest BCUT2D eigenvalue weighted by molar-refractivity contribution is -0.201. The molecule has 4 fully saturated rings. The van der Waals surface area contributed by atoms with Gasteiger partial charge in [0.1, 0.15) is 24.4 Å². The second-order valence-corrected chi connectivity index (χ2v) is 12.5. The van der Waals surface area contributed by atoms with Gasteiger partial charge in [0, 0.05) is 78.3 Å². The average Bonchev–Trinajstić information content (AvgIpc) is 3.49. The van der Waals surface area contributed by atoms with E-state index in [0.29, 0.717) is 32.0 Å². The lowest BCUT2D eigenvalue weighted by Crippen LogP contribution is -2.57. The van der Waals surface area contributed by atoms with Crippen LogP contribution >= 0.6 is 0 Å². The number of carbonyl (C=O) groups is 3. The molecule has 0 bridgehead atoms. The molecule has 0 aromatic heterocycles. The lowest BCUT2D eigenvalue weighted by Gasteiger charge is -2.42. The van der Waals surface area contributed by atoms with Crippen LogP contribution in [0.1, 0.15) is 44.9 Å². The van der Waals surface area contributed by atoms with E-state index in [2.05, 4.69) is 14.2 Å². The Morgan fingerprint density at radius 2 is 1.16 bits per heavy atom. The Balaban J connectivity index is 0.000000201. The molecule has 17 heteroatoms. The molecule has 0 amide bonds. The fourth-order valence-corrected chi connectivity index (χ4v) is 6.60. The highest BCUT2D eigenvalue weighted by molar-refractivity contribution is 5.88. The number of rotatable bonds is 5. The highest BCUT2D eigenvalue weighted by atomic mass is 16.6. The van der Waals surface area contributed by atoms with Crippen LogP contribution in [0.5, 0.6) is 0 Å². The number of esters is 3. The number of carbonyl (C=O) groups excluding carboxylic acids is 3. The molecule has 0 aromatic rings. The first-order chi connectivity index (χ1) is 23.3. The number of ether oxygens (including phenoxy) is 9. The van der Waals surface area contributed by atoms with Crippen LogP contribution in [0.4, 0.5) is 0 Å². The Bertz CT molecular complexity index is 1120. The summed E-state index contributed by atoms with van der Waals surface area (Å²) in [5.74, 6) is -1.88. The highest BCUT2D eigenvalue weighted by Crippen LogP contribution is 2.36. The summed E-state index contributed by atoms with van der Waals surface area (Å²) in [5, 5.41) is 49.3. The van der Waals surface area contributed by atoms with Crippen molar-refractivity contribution in [3.05, 3.63) is 11.6 Å². The minimum Gasteiger partial charge on any atom is -0.467 e. The van der Waals surface area contributed by atoms with Crippen LogP contribution in [0.15, 0.2) is 11.6 Å². The van der Waals surface area contributed by atoms with Crippen LogP contribution < -0.4 is 0 Å². The van der Waals surface area contributed by atoms with Crippen LogP contribution in [-0.4, -0.2) is 172 Å². The second-order valence-electron chi connectivity index (χ2n) is 12.5. The minimum atomic E-state index is -1.68. The summed E-state index contributed by atoms with van der Waals surface area (Å²) in [6.07, 6.45) is -1.96. The standard InChI is InChI=1S/C12H20O6.C11H18O6.C9H14O5/c1-15-8-6-12(14,11(13)16-2)7-9-10(8)18-5-3-4-17-9;1-15-10(13)11(14)5-7(12)9-8(6-11)16-3-2-4-17-9;1-13-7-4-5(9(12)14-2)3-6(10)8(7)11/h8-10,14H,3-7H2,1-2H3;7-9,12,14H,2-6H2,1H3;3,6-8,10-11H,4H2,1-2H3. The van der Waals surface area contributed by atoms with Gasteiger partial charge in [-0.2, -0.15) is 0 Å². The van der Waals surface area contributed by atoms with Crippen LogP contribution in [0.25, 0.3) is 0 Å². The maximum absolute atomic E-state index is 11.7. The summed E-state index contributed by atoms with van der Waals surface area (Å²) < 4.78 is 46.4. The molecule has 0 spiro atoms. The third-order valence-electron chi connectivity index (χ3n) is 9.21. The normalized spacial score (nSPS) is 38.9. The molecule has 11 atom stereocenters. The van der Waals surface area contributed by atoms with Gasteiger partial charge in [-0.3, -0.25) is 0 Å². The quantitative estimate of drug-likeness (QED) is 0.158. The van der Waals surface area contributed by atoms with E-state index in [-0.39, 0.29) is 50.4 Å². The van der Waals surface area contributed by atoms with E-state index >= 15 is 0 Å². The van der Waals surface area contributed by atoms with E-state index in [1.165, 1.54) is 34.5 Å². The zero-order chi connectivity index (χ0) is 36.4. The molecule has 0 aromatic carbocycles. The monoisotopic (exact) mass is 708 g/mol. The molecule has 2 aliphatic heterocycles. The van der Waals surface area contributed by atoms with Crippen molar-refractivity contribution in [2.24, 2.45) is 0 Å². The third-order valence-corrected chi connectivity index (χ3v) is 9.21. The van der Waals surface area contributed by atoms with Gasteiger partial charge >= 0.3 is 17.9 Å². The van der Waals surface area contributed by atoms with Crippen LogP contribution in [0.2, 0.25) is 0 Å². The Morgan fingerprint density at radius 1 is 0.673 bits per heavy atom. The zero-order valence-electron chi connectivity index (χ0n) is 28.7. The molecule has 5 rings (SSSR count). The van der Waals surface area contributed by atoms with Gasteiger partial charge in [-0.25, -0.2) is 14.4 Å². The molecule has 11 unspecified atom stereocenters. The van der Waals surface area contributed by atoms with Crippen molar-refractivity contribution < 1.29 is 82.5 Å². The molecule has 17 nitrogen and oxygen atoms in total. The van der Waals surface area contributed by atoms with E-state index in [1.807, 2.05) is 0 Å². The number of hydrogen-bond acceptors (Lipinski definition) is 17. The summed E-state index contributed by atoms with van der Waals surface area (Å²) in [6, 6.07) is 0. The molecule has 5 N–H and O–H groups in total. The summed E-state index contributed by atoms with van der Waals surface area (Å²) in [6.45, 7) is 2.20. The van der Waals surface area contributed by atoms with E-state index in [9.17, 15) is 39.9 Å². The third kappa shape index (κ3) is 10.4. The fraction of sp³-hybridized carbons (Fsp3) is 0.844. The average molecular weight is 709 g/mol. The van der Waals surface area contributed by atoms with Gasteiger partial charge in [0.05, 0.1) is 51.8 Å². The van der Waals surface area contributed by atoms with Gasteiger partial charge in [-0.1, -0.05) is 0 Å². The number of methoxy groups -OCH3 is 5. The van der Waals surface area contributed by atoms with E-state index in [4.69, 9.17) is 28.4 Å². The Kier molecular flexibility index (Phi) is 15.8. The van der Waals surface area contributed by atoms with Crippen molar-refractivity contribution >= 4 is 17.9 Å². The number of hydrogen-bond donors (Lipinski definition) is 5. The van der Waals surface area contributed by atoms with Gasteiger partial charge in [0.25, 0.3) is 0 Å². The molecule has 2 saturated carbocycles. The van der Waals surface area contributed by atoms with Crippen molar-refractivity contribution in [1.82, 2.24) is 0 Å². The molecule has 2 saturated heterocycles. The van der Waals surface area contributed by atoms with Gasteiger partial charge in [0.15, 0.2) is 11.2 Å². The summed E-state index contributed by atoms with van der Waals surface area (Å²) in [5.41, 5.74) is -2.90. The van der Waals surface area contributed by atoms with Gasteiger partial charge in [0.2, 0.25) is 0 Å². The first-order valence-electron chi connectivity index (χ1n) is 16.2. The minimum absolute atomic E-state index is 0.0792. The number of fused-ring (bicyclic) bond motifs is 2. The SMILES string of the molecule is COC(=O)C1(O)CC(O)C2OCCCOC2C1.COC(=O)C1(O)CC(OC)C2OCCCOC2C1.COC(=O)C1=CC(O)C(O)C(OC)C1. The number of aliphatic hydroxyl groups excluding tert-OH is 3. The molecule has 49 heavy (non-hydrogen) atoms. The first-order valence-corrected chi connectivity index (χ1v) is 16.2. The summed E-state index contributed by atoms with van der Waals surface area (Å²) >= 11 is 0. The Labute approximate surface area is 285 Å². The maximum atomic E-state index is 11.7. The molecule has 2 heterocycles. The smallest absolute Gasteiger partial charge is 0.338 e. The van der Waals surface area contributed by atoms with E-state index in [0.717, 1.165) is 12.8 Å². The van der Waals surface area contributed by atoms with Gasteiger partial charge < -0.3 is 68.2 Å². The van der Waals surface area contributed by atoms with E-state index in [1.54, 1.807) is 7.11 Å².